The molecule has 5 heteroatoms. The van der Waals surface area contributed by atoms with E-state index in [0.717, 1.165) is 29.7 Å². The van der Waals surface area contributed by atoms with Crippen LogP contribution in [0.2, 0.25) is 10.0 Å². The number of pyridine rings is 1. The van der Waals surface area contributed by atoms with Gasteiger partial charge >= 0.3 is 0 Å². The van der Waals surface area contributed by atoms with Gasteiger partial charge in [0.1, 0.15) is 12.4 Å². The smallest absolute Gasteiger partial charge is 0.119 e. The Hall–Kier alpha value is -2.33. The van der Waals surface area contributed by atoms with Crippen LogP contribution in [0.1, 0.15) is 29.9 Å². The first-order valence-corrected chi connectivity index (χ1v) is 10.4. The highest BCUT2D eigenvalue weighted by atomic mass is 35.5. The summed E-state index contributed by atoms with van der Waals surface area (Å²) >= 11 is 12.6. The maximum atomic E-state index is 6.62. The fraction of sp³-hybridized carbons (Fsp3) is 0.208. The predicted molar refractivity (Wildman–Crippen MR) is 120 cm³/mol. The van der Waals surface area contributed by atoms with Crippen molar-refractivity contribution in [1.29, 1.82) is 0 Å². The van der Waals surface area contributed by atoms with Crippen LogP contribution in [-0.2, 0) is 0 Å². The lowest BCUT2D eigenvalue weighted by Crippen LogP contribution is -2.34. The summed E-state index contributed by atoms with van der Waals surface area (Å²) in [6.45, 7) is 0.503. The van der Waals surface area contributed by atoms with Crippen LogP contribution < -0.4 is 10.5 Å². The number of nitrogens with zero attached hydrogens (tertiary/aromatic N) is 1. The van der Waals surface area contributed by atoms with Gasteiger partial charge in [-0.05, 0) is 65.4 Å². The average molecular weight is 425 g/mol. The molecule has 3 aromatic rings. The molecule has 0 unspecified atom stereocenters. The molecule has 4 rings (SSSR count). The highest BCUT2D eigenvalue weighted by Crippen LogP contribution is 2.42. The maximum absolute atomic E-state index is 6.62. The predicted octanol–water partition coefficient (Wildman–Crippen LogP) is 6.13. The summed E-state index contributed by atoms with van der Waals surface area (Å²) in [5.74, 6) is 0.956. The Labute approximate surface area is 181 Å². The number of para-hydroxylation sites is 1. The van der Waals surface area contributed by atoms with Gasteiger partial charge in [-0.2, -0.15) is 0 Å². The third-order valence-corrected chi connectivity index (χ3v) is 5.94. The van der Waals surface area contributed by atoms with Crippen molar-refractivity contribution in [3.63, 3.8) is 0 Å². The van der Waals surface area contributed by atoms with Crippen LogP contribution in [0, 0.1) is 0 Å². The first kappa shape index (κ1) is 20.0. The van der Waals surface area contributed by atoms with Gasteiger partial charge in [0.2, 0.25) is 0 Å². The second-order valence-electron chi connectivity index (χ2n) is 7.27. The zero-order chi connectivity index (χ0) is 20.2. The van der Waals surface area contributed by atoms with Gasteiger partial charge in [-0.3, -0.25) is 4.98 Å². The van der Waals surface area contributed by atoms with Crippen molar-refractivity contribution in [3.8, 4) is 5.75 Å². The minimum atomic E-state index is -0.0523. The largest absolute Gasteiger partial charge is 0.489 e. The van der Waals surface area contributed by atoms with Crippen LogP contribution in [0.5, 0.6) is 5.75 Å². The number of hydrogen-bond donors (Lipinski definition) is 1. The molecule has 0 saturated heterocycles. The summed E-state index contributed by atoms with van der Waals surface area (Å²) in [7, 11) is 0. The second-order valence-corrected chi connectivity index (χ2v) is 8.11. The standard InChI is InChI=1S/C24H22Cl2N2O/c25-18-8-9-20(23(26)12-18)22-13-21(16-5-4-10-28-14-16)17(11-24(22)27)15-29-19-6-2-1-3-7-19/h1-10,12,14,22,24H,11,13,15,27H2/t22-,24+/m0/s1. The molecule has 2 atom stereocenters. The summed E-state index contributed by atoms with van der Waals surface area (Å²) in [5.41, 5.74) is 11.2. The van der Waals surface area contributed by atoms with Gasteiger partial charge in [-0.25, -0.2) is 0 Å². The third kappa shape index (κ3) is 4.64. The van der Waals surface area contributed by atoms with Crippen LogP contribution in [0.15, 0.2) is 78.6 Å². The van der Waals surface area contributed by atoms with E-state index in [1.807, 2.05) is 54.7 Å². The number of nitrogens with two attached hydrogens (primary N) is 1. The molecule has 0 aliphatic heterocycles. The molecule has 0 amide bonds. The monoisotopic (exact) mass is 424 g/mol. The Kier molecular flexibility index (Phi) is 6.19. The first-order chi connectivity index (χ1) is 14.1. The minimum absolute atomic E-state index is 0.0523. The van der Waals surface area contributed by atoms with Crippen molar-refractivity contribution in [2.75, 3.05) is 6.61 Å². The summed E-state index contributed by atoms with van der Waals surface area (Å²) in [6, 6.07) is 19.5. The van der Waals surface area contributed by atoms with E-state index >= 15 is 0 Å². The Morgan fingerprint density at radius 1 is 1.00 bits per heavy atom. The van der Waals surface area contributed by atoms with Crippen molar-refractivity contribution in [1.82, 2.24) is 4.98 Å². The molecule has 0 radical (unpaired) electrons. The van der Waals surface area contributed by atoms with Crippen LogP contribution in [0.25, 0.3) is 5.57 Å². The lowest BCUT2D eigenvalue weighted by Gasteiger charge is -2.33. The van der Waals surface area contributed by atoms with Crippen LogP contribution in [0.4, 0.5) is 0 Å². The summed E-state index contributed by atoms with van der Waals surface area (Å²) in [5, 5.41) is 1.29. The normalized spacial score (nSPS) is 19.3. The molecule has 2 N–H and O–H groups in total. The van der Waals surface area contributed by atoms with Crippen LogP contribution >= 0.6 is 23.2 Å². The molecule has 2 aromatic carbocycles. The third-order valence-electron chi connectivity index (χ3n) is 5.38. The molecule has 148 valence electrons. The summed E-state index contributed by atoms with van der Waals surface area (Å²) < 4.78 is 6.05. The highest BCUT2D eigenvalue weighted by Gasteiger charge is 2.31. The zero-order valence-corrected chi connectivity index (χ0v) is 17.4. The van der Waals surface area contributed by atoms with Crippen LogP contribution in [-0.4, -0.2) is 17.6 Å². The molecule has 1 heterocycles. The number of halogens is 2. The lowest BCUT2D eigenvalue weighted by molar-refractivity contribution is 0.338. The van der Waals surface area contributed by atoms with Gasteiger partial charge in [-0.1, -0.05) is 53.5 Å². The Bertz CT molecular complexity index is 1010. The molecule has 1 aliphatic carbocycles. The minimum Gasteiger partial charge on any atom is -0.489 e. The first-order valence-electron chi connectivity index (χ1n) is 9.61. The van der Waals surface area contributed by atoms with Crippen molar-refractivity contribution < 1.29 is 4.74 Å². The molecular weight excluding hydrogens is 403 g/mol. The molecule has 0 bridgehead atoms. The highest BCUT2D eigenvalue weighted by molar-refractivity contribution is 6.35. The van der Waals surface area contributed by atoms with E-state index in [9.17, 15) is 0 Å². The van der Waals surface area contributed by atoms with E-state index in [1.165, 1.54) is 11.1 Å². The lowest BCUT2D eigenvalue weighted by atomic mass is 9.75. The van der Waals surface area contributed by atoms with E-state index in [0.29, 0.717) is 16.7 Å². The Morgan fingerprint density at radius 3 is 2.55 bits per heavy atom. The SMILES string of the molecule is N[C@@H]1CC(COc2ccccc2)=C(c2cccnc2)C[C@H]1c1ccc(Cl)cc1Cl. The van der Waals surface area contributed by atoms with E-state index in [-0.39, 0.29) is 12.0 Å². The number of benzene rings is 2. The molecule has 29 heavy (non-hydrogen) atoms. The molecular formula is C24H22Cl2N2O. The fourth-order valence-electron chi connectivity index (χ4n) is 3.90. The van der Waals surface area contributed by atoms with E-state index in [2.05, 4.69) is 11.1 Å². The van der Waals surface area contributed by atoms with Crippen molar-refractivity contribution >= 4 is 28.8 Å². The van der Waals surface area contributed by atoms with Gasteiger partial charge < -0.3 is 10.5 Å². The van der Waals surface area contributed by atoms with Gasteiger partial charge in [0.15, 0.2) is 0 Å². The van der Waals surface area contributed by atoms with Crippen molar-refractivity contribution in [2.24, 2.45) is 5.73 Å². The summed E-state index contributed by atoms with van der Waals surface area (Å²) in [4.78, 5) is 4.31. The van der Waals surface area contributed by atoms with Gasteiger partial charge in [-0.15, -0.1) is 0 Å². The molecule has 0 spiro atoms. The number of hydrogen-bond acceptors (Lipinski definition) is 3. The zero-order valence-electron chi connectivity index (χ0n) is 15.9. The van der Waals surface area contributed by atoms with E-state index < -0.39 is 0 Å². The maximum Gasteiger partial charge on any atom is 0.119 e. The Morgan fingerprint density at radius 2 is 1.83 bits per heavy atom. The van der Waals surface area contributed by atoms with Crippen LogP contribution in [0.3, 0.4) is 0 Å². The van der Waals surface area contributed by atoms with Gasteiger partial charge in [0, 0.05) is 34.4 Å². The van der Waals surface area contributed by atoms with Crippen molar-refractivity contribution in [3.05, 3.63) is 99.8 Å². The van der Waals surface area contributed by atoms with E-state index in [4.69, 9.17) is 33.7 Å². The number of ether oxygens (including phenoxy) is 1. The summed E-state index contributed by atoms with van der Waals surface area (Å²) in [6.07, 6.45) is 5.20. The quantitative estimate of drug-likeness (QED) is 0.535. The van der Waals surface area contributed by atoms with Gasteiger partial charge in [0.25, 0.3) is 0 Å². The number of rotatable bonds is 5. The Balaban J connectivity index is 1.67. The van der Waals surface area contributed by atoms with Gasteiger partial charge in [0.05, 0.1) is 0 Å². The molecule has 1 aromatic heterocycles. The molecule has 0 fully saturated rings. The molecule has 3 nitrogen and oxygen atoms in total. The van der Waals surface area contributed by atoms with Crippen molar-refractivity contribution in [2.45, 2.75) is 24.8 Å². The number of allylic oxidation sites excluding steroid dienone is 1. The molecule has 0 saturated carbocycles. The number of aromatic nitrogens is 1. The van der Waals surface area contributed by atoms with E-state index in [1.54, 1.807) is 12.3 Å². The second kappa shape index (κ2) is 9.00. The topological polar surface area (TPSA) is 48.1 Å². The fourth-order valence-corrected chi connectivity index (χ4v) is 4.45. The molecule has 1 aliphatic rings. The average Bonchev–Trinajstić information content (AvgIpc) is 2.74.